The molecule has 0 unspecified atom stereocenters. The molecule has 1 heterocycles. The van der Waals surface area contributed by atoms with Crippen molar-refractivity contribution < 1.29 is 15.0 Å². The molecule has 0 saturated carbocycles. The van der Waals surface area contributed by atoms with Crippen LogP contribution in [0, 0.1) is 13.8 Å². The number of hydrogen-bond donors (Lipinski definition) is 2. The molecule has 1 aromatic heterocycles. The Bertz CT molecular complexity index is 617. The number of aliphatic hydroxyl groups is 1. The maximum Gasteiger partial charge on any atom is 0.325 e. The SMILES string of the molecule is Cc1cccc(-c2cnn(CC(=O)O)c2C)c1CO. The fourth-order valence-electron chi connectivity index (χ4n) is 2.16. The molecule has 0 aliphatic heterocycles. The lowest BCUT2D eigenvalue weighted by Gasteiger charge is -2.10. The summed E-state index contributed by atoms with van der Waals surface area (Å²) >= 11 is 0. The number of nitrogens with zero attached hydrogens (tertiary/aromatic N) is 2. The van der Waals surface area contributed by atoms with Crippen molar-refractivity contribution in [2.75, 3.05) is 0 Å². The quantitative estimate of drug-likeness (QED) is 0.878. The van der Waals surface area contributed by atoms with Gasteiger partial charge < -0.3 is 10.2 Å². The third-order valence-corrected chi connectivity index (χ3v) is 3.25. The lowest BCUT2D eigenvalue weighted by molar-refractivity contribution is -0.137. The molecule has 19 heavy (non-hydrogen) atoms. The van der Waals surface area contributed by atoms with Crippen molar-refractivity contribution in [2.24, 2.45) is 0 Å². The van der Waals surface area contributed by atoms with E-state index >= 15 is 0 Å². The molecule has 2 aromatic rings. The lowest BCUT2D eigenvalue weighted by atomic mass is 9.97. The van der Waals surface area contributed by atoms with Gasteiger partial charge in [-0.25, -0.2) is 0 Å². The topological polar surface area (TPSA) is 75.4 Å². The van der Waals surface area contributed by atoms with Crippen molar-refractivity contribution in [1.82, 2.24) is 9.78 Å². The van der Waals surface area contributed by atoms with Crippen LogP contribution in [0.2, 0.25) is 0 Å². The Labute approximate surface area is 111 Å². The van der Waals surface area contributed by atoms with E-state index in [1.165, 1.54) is 4.68 Å². The van der Waals surface area contributed by atoms with Crippen LogP contribution < -0.4 is 0 Å². The second-order valence-corrected chi connectivity index (χ2v) is 4.45. The van der Waals surface area contributed by atoms with E-state index in [9.17, 15) is 9.90 Å². The molecule has 5 nitrogen and oxygen atoms in total. The molecule has 0 bridgehead atoms. The fourth-order valence-corrected chi connectivity index (χ4v) is 2.16. The number of benzene rings is 1. The monoisotopic (exact) mass is 260 g/mol. The normalized spacial score (nSPS) is 10.7. The van der Waals surface area contributed by atoms with E-state index in [1.54, 1.807) is 6.20 Å². The van der Waals surface area contributed by atoms with Crippen LogP contribution in [0.15, 0.2) is 24.4 Å². The van der Waals surface area contributed by atoms with Gasteiger partial charge >= 0.3 is 5.97 Å². The molecule has 2 rings (SSSR count). The van der Waals surface area contributed by atoms with Gasteiger partial charge in [0.25, 0.3) is 0 Å². The number of hydrogen-bond acceptors (Lipinski definition) is 3. The van der Waals surface area contributed by atoms with E-state index in [1.807, 2.05) is 32.0 Å². The Hall–Kier alpha value is -2.14. The molecular formula is C14H16N2O3. The zero-order valence-corrected chi connectivity index (χ0v) is 10.9. The highest BCUT2D eigenvalue weighted by Crippen LogP contribution is 2.28. The van der Waals surface area contributed by atoms with Crippen LogP contribution in [0.3, 0.4) is 0 Å². The third-order valence-electron chi connectivity index (χ3n) is 3.25. The Morgan fingerprint density at radius 1 is 1.32 bits per heavy atom. The van der Waals surface area contributed by atoms with E-state index in [2.05, 4.69) is 5.10 Å². The number of carboxylic acid groups (broad SMARTS) is 1. The van der Waals surface area contributed by atoms with Gasteiger partial charge in [-0.2, -0.15) is 5.10 Å². The van der Waals surface area contributed by atoms with E-state index in [0.717, 1.165) is 27.9 Å². The molecule has 1 aromatic carbocycles. The number of aliphatic hydroxyl groups excluding tert-OH is 1. The minimum atomic E-state index is -0.927. The first-order valence-corrected chi connectivity index (χ1v) is 5.98. The van der Waals surface area contributed by atoms with Gasteiger partial charge in [-0.05, 0) is 30.5 Å². The van der Waals surface area contributed by atoms with Crippen molar-refractivity contribution >= 4 is 5.97 Å². The highest BCUT2D eigenvalue weighted by molar-refractivity contribution is 5.71. The first kappa shape index (κ1) is 13.3. The summed E-state index contributed by atoms with van der Waals surface area (Å²) in [5.41, 5.74) is 4.39. The highest BCUT2D eigenvalue weighted by Gasteiger charge is 2.14. The average Bonchev–Trinajstić information content (AvgIpc) is 2.70. The lowest BCUT2D eigenvalue weighted by Crippen LogP contribution is -2.11. The number of rotatable bonds is 4. The summed E-state index contributed by atoms with van der Waals surface area (Å²) in [5.74, 6) is -0.927. The molecule has 0 atom stereocenters. The summed E-state index contributed by atoms with van der Waals surface area (Å²) < 4.78 is 1.45. The first-order valence-electron chi connectivity index (χ1n) is 5.98. The van der Waals surface area contributed by atoms with Crippen molar-refractivity contribution in [2.45, 2.75) is 27.0 Å². The zero-order valence-electron chi connectivity index (χ0n) is 10.9. The van der Waals surface area contributed by atoms with Crippen molar-refractivity contribution in [3.63, 3.8) is 0 Å². The van der Waals surface area contributed by atoms with Gasteiger partial charge in [0.05, 0.1) is 12.8 Å². The molecule has 0 fully saturated rings. The number of carbonyl (C=O) groups is 1. The van der Waals surface area contributed by atoms with Crippen LogP contribution in [0.25, 0.3) is 11.1 Å². The van der Waals surface area contributed by atoms with Gasteiger partial charge in [-0.1, -0.05) is 18.2 Å². The second kappa shape index (κ2) is 5.24. The molecule has 0 aliphatic carbocycles. The smallest absolute Gasteiger partial charge is 0.325 e. The summed E-state index contributed by atoms with van der Waals surface area (Å²) in [5, 5.41) is 22.4. The Kier molecular flexibility index (Phi) is 3.66. The molecule has 2 N–H and O–H groups in total. The van der Waals surface area contributed by atoms with Crippen molar-refractivity contribution in [3.05, 3.63) is 41.2 Å². The zero-order chi connectivity index (χ0) is 14.0. The fraction of sp³-hybridized carbons (Fsp3) is 0.286. The Balaban J connectivity index is 2.51. The molecule has 0 aliphatic rings. The van der Waals surface area contributed by atoms with E-state index in [0.29, 0.717) is 0 Å². The van der Waals surface area contributed by atoms with Gasteiger partial charge in [0.15, 0.2) is 0 Å². The summed E-state index contributed by atoms with van der Waals surface area (Å²) in [6.45, 7) is 3.55. The van der Waals surface area contributed by atoms with Gasteiger partial charge in [0.1, 0.15) is 6.54 Å². The van der Waals surface area contributed by atoms with Gasteiger partial charge in [-0.15, -0.1) is 0 Å². The molecular weight excluding hydrogens is 244 g/mol. The maximum absolute atomic E-state index is 10.7. The highest BCUT2D eigenvalue weighted by atomic mass is 16.4. The minimum Gasteiger partial charge on any atom is -0.480 e. The summed E-state index contributed by atoms with van der Waals surface area (Å²) in [4.78, 5) is 10.7. The summed E-state index contributed by atoms with van der Waals surface area (Å²) in [6, 6.07) is 5.76. The third kappa shape index (κ3) is 2.51. The van der Waals surface area contributed by atoms with Gasteiger partial charge in [-0.3, -0.25) is 9.48 Å². The average molecular weight is 260 g/mol. The number of aryl methyl sites for hydroxylation is 1. The van der Waals surface area contributed by atoms with E-state index in [-0.39, 0.29) is 13.2 Å². The minimum absolute atomic E-state index is 0.0500. The predicted octanol–water partition coefficient (Wildman–Crippen LogP) is 1.74. The first-order chi connectivity index (χ1) is 9.04. The van der Waals surface area contributed by atoms with Crippen molar-refractivity contribution in [3.8, 4) is 11.1 Å². The molecule has 0 amide bonds. The van der Waals surface area contributed by atoms with Crippen molar-refractivity contribution in [1.29, 1.82) is 0 Å². The molecule has 100 valence electrons. The van der Waals surface area contributed by atoms with Gasteiger partial charge in [0, 0.05) is 11.3 Å². The second-order valence-electron chi connectivity index (χ2n) is 4.45. The number of aliphatic carboxylic acids is 1. The molecule has 5 heteroatoms. The number of aromatic nitrogens is 2. The van der Waals surface area contributed by atoms with E-state index < -0.39 is 5.97 Å². The molecule has 0 radical (unpaired) electrons. The van der Waals surface area contributed by atoms with Crippen LogP contribution in [0.4, 0.5) is 0 Å². The predicted molar refractivity (Wildman–Crippen MR) is 70.7 cm³/mol. The van der Waals surface area contributed by atoms with Crippen LogP contribution in [-0.4, -0.2) is 26.0 Å². The maximum atomic E-state index is 10.7. The van der Waals surface area contributed by atoms with Crippen LogP contribution in [0.5, 0.6) is 0 Å². The standard InChI is InChI=1S/C14H16N2O3/c1-9-4-3-5-11(13(9)8-17)12-6-15-16(10(12)2)7-14(18)19/h3-6,17H,7-8H2,1-2H3,(H,18,19). The molecule has 0 saturated heterocycles. The Morgan fingerprint density at radius 3 is 2.68 bits per heavy atom. The van der Waals surface area contributed by atoms with E-state index in [4.69, 9.17) is 5.11 Å². The summed E-state index contributed by atoms with van der Waals surface area (Å²) in [6.07, 6.45) is 1.65. The Morgan fingerprint density at radius 2 is 2.05 bits per heavy atom. The van der Waals surface area contributed by atoms with Crippen LogP contribution >= 0.6 is 0 Å². The molecule has 0 spiro atoms. The number of carboxylic acids is 1. The summed E-state index contributed by atoms with van der Waals surface area (Å²) in [7, 11) is 0. The van der Waals surface area contributed by atoms with Crippen LogP contribution in [0.1, 0.15) is 16.8 Å². The van der Waals surface area contributed by atoms with Crippen LogP contribution in [-0.2, 0) is 17.9 Å². The van der Waals surface area contributed by atoms with Gasteiger partial charge in [0.2, 0.25) is 0 Å². The largest absolute Gasteiger partial charge is 0.480 e.